The molecule has 0 aliphatic rings. The average Bonchev–Trinajstić information content (AvgIpc) is 3.29. The lowest BCUT2D eigenvalue weighted by Gasteiger charge is -2.06. The zero-order valence-electron chi connectivity index (χ0n) is 13.5. The number of aryl methyl sites for hydroxylation is 1. The lowest BCUT2D eigenvalue weighted by atomic mass is 10.1. The predicted octanol–water partition coefficient (Wildman–Crippen LogP) is 2.27. The number of amides is 2. The number of nitrogens with one attached hydrogen (secondary N) is 2. The topological polar surface area (TPSA) is 97.1 Å². The van der Waals surface area contributed by atoms with E-state index in [1.54, 1.807) is 12.1 Å². The van der Waals surface area contributed by atoms with Gasteiger partial charge in [-0.3, -0.25) is 9.59 Å². The maximum absolute atomic E-state index is 12.0. The number of hydrogen-bond donors (Lipinski definition) is 2. The number of benzene rings is 1. The molecule has 0 atom stereocenters. The number of aromatic nitrogens is 2. The maximum atomic E-state index is 12.0. The molecule has 2 aromatic heterocycles. The molecule has 0 fully saturated rings. The molecule has 7 nitrogen and oxygen atoms in total. The van der Waals surface area contributed by atoms with Gasteiger partial charge in [-0.2, -0.15) is 4.98 Å². The normalized spacial score (nSPS) is 10.4. The Hall–Kier alpha value is -3.00. The molecule has 0 bridgehead atoms. The highest BCUT2D eigenvalue weighted by Crippen LogP contribution is 2.21. The van der Waals surface area contributed by atoms with Gasteiger partial charge >= 0.3 is 11.8 Å². The Morgan fingerprint density at radius 2 is 1.80 bits per heavy atom. The molecule has 3 rings (SSSR count). The van der Waals surface area contributed by atoms with Crippen LogP contribution in [0.5, 0.6) is 0 Å². The molecule has 0 spiro atoms. The molecule has 0 aliphatic heterocycles. The lowest BCUT2D eigenvalue weighted by molar-refractivity contribution is 0.0898. The van der Waals surface area contributed by atoms with Crippen LogP contribution in [0, 0.1) is 6.92 Å². The summed E-state index contributed by atoms with van der Waals surface area (Å²) in [5.41, 5.74) is 1.67. The fourth-order valence-corrected chi connectivity index (χ4v) is 2.71. The van der Waals surface area contributed by atoms with E-state index in [1.807, 2.05) is 36.6 Å². The Balaban J connectivity index is 1.45. The number of hydrogen-bond acceptors (Lipinski definition) is 6. The molecule has 2 amide bonds. The first-order chi connectivity index (χ1) is 12.1. The highest BCUT2D eigenvalue weighted by Gasteiger charge is 2.16. The first kappa shape index (κ1) is 16.8. The van der Waals surface area contributed by atoms with Crippen LogP contribution in [-0.4, -0.2) is 35.0 Å². The number of rotatable bonds is 6. The van der Waals surface area contributed by atoms with E-state index in [-0.39, 0.29) is 18.3 Å². The molecule has 0 aliphatic carbocycles. The third kappa shape index (κ3) is 4.30. The van der Waals surface area contributed by atoms with Gasteiger partial charge in [0, 0.05) is 18.7 Å². The van der Waals surface area contributed by atoms with Crippen LogP contribution in [0.15, 0.2) is 46.3 Å². The fourth-order valence-electron chi connectivity index (χ4n) is 2.06. The van der Waals surface area contributed by atoms with Crippen LogP contribution >= 0.6 is 11.3 Å². The summed E-state index contributed by atoms with van der Waals surface area (Å²) in [6, 6.07) is 11.0. The van der Waals surface area contributed by atoms with E-state index in [1.165, 1.54) is 11.3 Å². The number of carbonyl (C=O) groups excluding carboxylic acids is 2. The highest BCUT2D eigenvalue weighted by molar-refractivity contribution is 7.13. The summed E-state index contributed by atoms with van der Waals surface area (Å²) in [6.45, 7) is 2.51. The van der Waals surface area contributed by atoms with Crippen molar-refractivity contribution >= 4 is 23.2 Å². The van der Waals surface area contributed by atoms with Gasteiger partial charge in [-0.05, 0) is 30.5 Å². The van der Waals surface area contributed by atoms with Crippen LogP contribution in [0.4, 0.5) is 0 Å². The summed E-state index contributed by atoms with van der Waals surface area (Å²) in [5, 5.41) is 11.0. The summed E-state index contributed by atoms with van der Waals surface area (Å²) in [5.74, 6) is -0.381. The largest absolute Gasteiger partial charge is 0.350 e. The number of carbonyl (C=O) groups is 2. The van der Waals surface area contributed by atoms with Crippen LogP contribution in [0.2, 0.25) is 0 Å². The van der Waals surface area contributed by atoms with Crippen molar-refractivity contribution in [1.82, 2.24) is 20.8 Å². The highest BCUT2D eigenvalue weighted by atomic mass is 32.1. The SMILES string of the molecule is Cc1ccc(C(=O)NCCNC(=O)c2nc(-c3cccs3)no2)cc1. The smallest absolute Gasteiger partial charge is 0.316 e. The van der Waals surface area contributed by atoms with E-state index in [2.05, 4.69) is 20.8 Å². The van der Waals surface area contributed by atoms with E-state index >= 15 is 0 Å². The third-order valence-electron chi connectivity index (χ3n) is 3.37. The molecule has 1 aromatic carbocycles. The second kappa shape index (κ2) is 7.71. The maximum Gasteiger partial charge on any atom is 0.316 e. The Morgan fingerprint density at radius 1 is 1.08 bits per heavy atom. The van der Waals surface area contributed by atoms with Gasteiger partial charge in [0.25, 0.3) is 5.91 Å². The van der Waals surface area contributed by atoms with Crippen molar-refractivity contribution in [2.24, 2.45) is 0 Å². The minimum atomic E-state index is -0.472. The Bertz CT molecular complexity index is 856. The van der Waals surface area contributed by atoms with Gasteiger partial charge in [0.2, 0.25) is 5.82 Å². The Kier molecular flexibility index (Phi) is 5.20. The monoisotopic (exact) mass is 356 g/mol. The predicted molar refractivity (Wildman–Crippen MR) is 93.5 cm³/mol. The second-order valence-electron chi connectivity index (χ2n) is 5.28. The first-order valence-corrected chi connectivity index (χ1v) is 8.52. The number of thiophene rings is 1. The van der Waals surface area contributed by atoms with Crippen molar-refractivity contribution in [3.8, 4) is 10.7 Å². The van der Waals surface area contributed by atoms with Crippen molar-refractivity contribution in [3.05, 3.63) is 58.8 Å². The van der Waals surface area contributed by atoms with Crippen molar-refractivity contribution in [2.75, 3.05) is 13.1 Å². The van der Waals surface area contributed by atoms with Gasteiger partial charge in [-0.15, -0.1) is 11.3 Å². The zero-order chi connectivity index (χ0) is 17.6. The van der Waals surface area contributed by atoms with Gasteiger partial charge in [0.05, 0.1) is 4.88 Å². The van der Waals surface area contributed by atoms with Gasteiger partial charge < -0.3 is 15.2 Å². The van der Waals surface area contributed by atoms with Crippen LogP contribution in [0.1, 0.15) is 26.6 Å². The molecule has 2 heterocycles. The van der Waals surface area contributed by atoms with Crippen molar-refractivity contribution in [1.29, 1.82) is 0 Å². The molecule has 2 N–H and O–H groups in total. The first-order valence-electron chi connectivity index (χ1n) is 7.64. The van der Waals surface area contributed by atoms with Crippen molar-refractivity contribution in [2.45, 2.75) is 6.92 Å². The van der Waals surface area contributed by atoms with Gasteiger partial charge in [0.1, 0.15) is 0 Å². The summed E-state index contributed by atoms with van der Waals surface area (Å²) < 4.78 is 4.96. The van der Waals surface area contributed by atoms with E-state index in [0.717, 1.165) is 10.4 Å². The van der Waals surface area contributed by atoms with Crippen LogP contribution < -0.4 is 10.6 Å². The Morgan fingerprint density at radius 3 is 2.48 bits per heavy atom. The molecular weight excluding hydrogens is 340 g/mol. The molecule has 0 unspecified atom stereocenters. The van der Waals surface area contributed by atoms with E-state index in [9.17, 15) is 9.59 Å². The van der Waals surface area contributed by atoms with Gasteiger partial charge in [-0.25, -0.2) is 0 Å². The van der Waals surface area contributed by atoms with Crippen molar-refractivity contribution < 1.29 is 14.1 Å². The van der Waals surface area contributed by atoms with Gasteiger partial charge in [0.15, 0.2) is 0 Å². The fraction of sp³-hybridized carbons (Fsp3) is 0.176. The minimum absolute atomic E-state index is 0.103. The van der Waals surface area contributed by atoms with Crippen LogP contribution in [0.3, 0.4) is 0 Å². The molecule has 0 saturated carbocycles. The Labute approximate surface area is 148 Å². The van der Waals surface area contributed by atoms with E-state index < -0.39 is 5.91 Å². The summed E-state index contributed by atoms with van der Waals surface area (Å²) >= 11 is 1.46. The van der Waals surface area contributed by atoms with Crippen molar-refractivity contribution in [3.63, 3.8) is 0 Å². The van der Waals surface area contributed by atoms with Crippen LogP contribution in [0.25, 0.3) is 10.7 Å². The molecular formula is C17H16N4O3S. The summed E-state index contributed by atoms with van der Waals surface area (Å²) in [4.78, 5) is 28.8. The standard InChI is InChI=1S/C17H16N4O3S/c1-11-4-6-12(7-5-11)15(22)18-8-9-19-16(23)17-20-14(21-24-17)13-3-2-10-25-13/h2-7,10H,8-9H2,1H3,(H,18,22)(H,19,23). The molecule has 0 saturated heterocycles. The molecule has 25 heavy (non-hydrogen) atoms. The molecule has 128 valence electrons. The average molecular weight is 356 g/mol. The molecule has 8 heteroatoms. The molecule has 0 radical (unpaired) electrons. The number of nitrogens with zero attached hydrogens (tertiary/aromatic N) is 2. The molecule has 3 aromatic rings. The lowest BCUT2D eigenvalue weighted by Crippen LogP contribution is -2.34. The minimum Gasteiger partial charge on any atom is -0.350 e. The summed E-state index contributed by atoms with van der Waals surface area (Å²) in [7, 11) is 0. The summed E-state index contributed by atoms with van der Waals surface area (Å²) in [6.07, 6.45) is 0. The second-order valence-corrected chi connectivity index (χ2v) is 6.23. The zero-order valence-corrected chi connectivity index (χ0v) is 14.3. The van der Waals surface area contributed by atoms with E-state index in [4.69, 9.17) is 4.52 Å². The van der Waals surface area contributed by atoms with Gasteiger partial charge in [-0.1, -0.05) is 28.9 Å². The quantitative estimate of drug-likeness (QED) is 0.660. The van der Waals surface area contributed by atoms with Crippen LogP contribution in [-0.2, 0) is 0 Å². The van der Waals surface area contributed by atoms with E-state index in [0.29, 0.717) is 17.9 Å². The third-order valence-corrected chi connectivity index (χ3v) is 4.24.